The molecule has 0 aliphatic heterocycles. The Balaban J connectivity index is 2.11. The topological polar surface area (TPSA) is 52.6 Å². The Kier molecular flexibility index (Phi) is 6.20. The van der Waals surface area contributed by atoms with Gasteiger partial charge in [-0.3, -0.25) is 4.79 Å². The van der Waals surface area contributed by atoms with Crippen molar-refractivity contribution in [3.05, 3.63) is 29.8 Å². The van der Waals surface area contributed by atoms with Gasteiger partial charge in [0.1, 0.15) is 17.6 Å². The van der Waals surface area contributed by atoms with E-state index in [0.29, 0.717) is 17.7 Å². The molecule has 2 atom stereocenters. The van der Waals surface area contributed by atoms with Crippen LogP contribution in [0, 0.1) is 11.8 Å². The second-order valence-corrected chi connectivity index (χ2v) is 6.51. The third-order valence-electron chi connectivity index (χ3n) is 4.47. The van der Waals surface area contributed by atoms with Gasteiger partial charge in [0, 0.05) is 6.42 Å². The largest absolute Gasteiger partial charge is 0.497 e. The molecule has 0 spiro atoms. The molecule has 4 heteroatoms. The van der Waals surface area contributed by atoms with Crippen LogP contribution in [0.2, 0.25) is 0 Å². The van der Waals surface area contributed by atoms with Gasteiger partial charge in [-0.25, -0.2) is 4.79 Å². The third kappa shape index (κ3) is 4.57. The normalized spacial score (nSPS) is 20.0. The van der Waals surface area contributed by atoms with E-state index < -0.39 is 0 Å². The van der Waals surface area contributed by atoms with Crippen molar-refractivity contribution in [2.45, 2.75) is 52.1 Å². The number of carbonyl (C=O) groups is 2. The van der Waals surface area contributed by atoms with Gasteiger partial charge >= 0.3 is 5.97 Å². The van der Waals surface area contributed by atoms with Gasteiger partial charge in [-0.1, -0.05) is 26.7 Å². The molecule has 1 aromatic carbocycles. The van der Waals surface area contributed by atoms with E-state index in [1.165, 1.54) is 0 Å². The second kappa shape index (κ2) is 8.14. The van der Waals surface area contributed by atoms with E-state index >= 15 is 0 Å². The SMILES string of the molecule is COc1ccc(C(=O)OC(C(C)C)C2CCCCCC2=O)cc1. The molecule has 1 aliphatic rings. The number of benzene rings is 1. The first kappa shape index (κ1) is 17.5. The maximum absolute atomic E-state index is 12.4. The summed E-state index contributed by atoms with van der Waals surface area (Å²) in [6.07, 6.45) is 4.13. The van der Waals surface area contributed by atoms with Crippen LogP contribution in [0.1, 0.15) is 56.3 Å². The van der Waals surface area contributed by atoms with E-state index in [4.69, 9.17) is 9.47 Å². The number of ketones is 1. The fraction of sp³-hybridized carbons (Fsp3) is 0.579. The molecule has 4 nitrogen and oxygen atoms in total. The summed E-state index contributed by atoms with van der Waals surface area (Å²) in [5.74, 6) is 0.511. The van der Waals surface area contributed by atoms with E-state index in [2.05, 4.69) is 0 Å². The summed E-state index contributed by atoms with van der Waals surface area (Å²) in [5, 5.41) is 0. The first-order valence-electron chi connectivity index (χ1n) is 8.40. The van der Waals surface area contributed by atoms with Crippen molar-refractivity contribution in [1.29, 1.82) is 0 Å². The van der Waals surface area contributed by atoms with Crippen molar-refractivity contribution in [3.63, 3.8) is 0 Å². The highest BCUT2D eigenvalue weighted by molar-refractivity contribution is 5.90. The molecule has 0 bridgehead atoms. The molecule has 0 aromatic heterocycles. The van der Waals surface area contributed by atoms with Crippen molar-refractivity contribution in [2.24, 2.45) is 11.8 Å². The lowest BCUT2D eigenvalue weighted by Crippen LogP contribution is -2.36. The predicted octanol–water partition coefficient (Wildman–Crippen LogP) is 4.03. The zero-order chi connectivity index (χ0) is 16.8. The lowest BCUT2D eigenvalue weighted by atomic mass is 9.86. The third-order valence-corrected chi connectivity index (χ3v) is 4.47. The van der Waals surface area contributed by atoms with Crippen molar-refractivity contribution in [1.82, 2.24) is 0 Å². The van der Waals surface area contributed by atoms with Gasteiger partial charge in [0.05, 0.1) is 18.6 Å². The molecule has 23 heavy (non-hydrogen) atoms. The Morgan fingerprint density at radius 2 is 1.83 bits per heavy atom. The van der Waals surface area contributed by atoms with Crippen molar-refractivity contribution < 1.29 is 19.1 Å². The quantitative estimate of drug-likeness (QED) is 0.607. The van der Waals surface area contributed by atoms with Crippen molar-refractivity contribution in [2.75, 3.05) is 7.11 Å². The van der Waals surface area contributed by atoms with Crippen LogP contribution in [0.25, 0.3) is 0 Å². The molecule has 1 saturated carbocycles. The molecule has 0 heterocycles. The molecule has 2 unspecified atom stereocenters. The molecule has 0 saturated heterocycles. The van der Waals surface area contributed by atoms with E-state index in [9.17, 15) is 9.59 Å². The van der Waals surface area contributed by atoms with E-state index in [-0.39, 0.29) is 29.7 Å². The molecular weight excluding hydrogens is 292 g/mol. The number of hydrogen-bond acceptors (Lipinski definition) is 4. The summed E-state index contributed by atoms with van der Waals surface area (Å²) in [5.41, 5.74) is 0.484. The van der Waals surface area contributed by atoms with Gasteiger partial charge in [-0.2, -0.15) is 0 Å². The van der Waals surface area contributed by atoms with Crippen LogP contribution in [0.3, 0.4) is 0 Å². The number of methoxy groups -OCH3 is 1. The smallest absolute Gasteiger partial charge is 0.338 e. The van der Waals surface area contributed by atoms with Crippen LogP contribution in [-0.2, 0) is 9.53 Å². The van der Waals surface area contributed by atoms with Crippen LogP contribution in [0.15, 0.2) is 24.3 Å². The van der Waals surface area contributed by atoms with Gasteiger partial charge in [0.25, 0.3) is 0 Å². The molecular formula is C19H26O4. The highest BCUT2D eigenvalue weighted by atomic mass is 16.5. The van der Waals surface area contributed by atoms with Gasteiger partial charge in [-0.15, -0.1) is 0 Å². The molecule has 1 aliphatic carbocycles. The average molecular weight is 318 g/mol. The van der Waals surface area contributed by atoms with Crippen LogP contribution >= 0.6 is 0 Å². The Bertz CT molecular complexity index is 533. The molecule has 0 N–H and O–H groups in total. The predicted molar refractivity (Wildman–Crippen MR) is 88.6 cm³/mol. The van der Waals surface area contributed by atoms with Crippen molar-refractivity contribution in [3.8, 4) is 5.75 Å². The summed E-state index contributed by atoms with van der Waals surface area (Å²) in [6, 6.07) is 6.84. The molecule has 1 aromatic rings. The lowest BCUT2D eigenvalue weighted by molar-refractivity contribution is -0.127. The van der Waals surface area contributed by atoms with E-state index in [1.54, 1.807) is 31.4 Å². The number of Topliss-reactive ketones (excluding diaryl/α,β-unsaturated/α-hetero) is 1. The number of hydrogen-bond donors (Lipinski definition) is 0. The Hall–Kier alpha value is -1.84. The van der Waals surface area contributed by atoms with Gasteiger partial charge < -0.3 is 9.47 Å². The maximum Gasteiger partial charge on any atom is 0.338 e. The molecule has 1 fully saturated rings. The van der Waals surface area contributed by atoms with Crippen molar-refractivity contribution >= 4 is 11.8 Å². The van der Waals surface area contributed by atoms with Gasteiger partial charge in [0.2, 0.25) is 0 Å². The second-order valence-electron chi connectivity index (χ2n) is 6.51. The van der Waals surface area contributed by atoms with Gasteiger partial charge in [0.15, 0.2) is 0 Å². The van der Waals surface area contributed by atoms with Crippen LogP contribution < -0.4 is 4.74 Å². The van der Waals surface area contributed by atoms with E-state index in [0.717, 1.165) is 25.7 Å². The number of esters is 1. The zero-order valence-corrected chi connectivity index (χ0v) is 14.2. The summed E-state index contributed by atoms with van der Waals surface area (Å²) >= 11 is 0. The molecule has 126 valence electrons. The standard InChI is InChI=1S/C19H26O4/c1-13(2)18(16-7-5-4-6-8-17(16)20)23-19(21)14-9-11-15(22-3)12-10-14/h9-13,16,18H,4-8H2,1-3H3. The summed E-state index contributed by atoms with van der Waals surface area (Å²) in [4.78, 5) is 24.8. The summed E-state index contributed by atoms with van der Waals surface area (Å²) in [7, 11) is 1.58. The number of rotatable bonds is 5. The Morgan fingerprint density at radius 1 is 1.13 bits per heavy atom. The minimum absolute atomic E-state index is 0.115. The average Bonchev–Trinajstić information content (AvgIpc) is 2.76. The molecule has 2 rings (SSSR count). The highest BCUT2D eigenvalue weighted by Crippen LogP contribution is 2.29. The maximum atomic E-state index is 12.4. The minimum Gasteiger partial charge on any atom is -0.497 e. The molecule has 0 radical (unpaired) electrons. The number of carbonyl (C=O) groups excluding carboxylic acids is 2. The fourth-order valence-electron chi connectivity index (χ4n) is 3.14. The van der Waals surface area contributed by atoms with E-state index in [1.807, 2.05) is 13.8 Å². The van der Waals surface area contributed by atoms with Crippen LogP contribution in [0.4, 0.5) is 0 Å². The number of ether oxygens (including phenoxy) is 2. The first-order valence-corrected chi connectivity index (χ1v) is 8.40. The van der Waals surface area contributed by atoms with Crippen LogP contribution in [0.5, 0.6) is 5.75 Å². The first-order chi connectivity index (χ1) is 11.0. The van der Waals surface area contributed by atoms with Crippen LogP contribution in [-0.4, -0.2) is 25.0 Å². The monoisotopic (exact) mass is 318 g/mol. The molecule has 0 amide bonds. The van der Waals surface area contributed by atoms with Gasteiger partial charge in [-0.05, 0) is 43.0 Å². The highest BCUT2D eigenvalue weighted by Gasteiger charge is 2.34. The summed E-state index contributed by atoms with van der Waals surface area (Å²) < 4.78 is 10.8. The Morgan fingerprint density at radius 3 is 2.43 bits per heavy atom. The minimum atomic E-state index is -0.372. The fourth-order valence-corrected chi connectivity index (χ4v) is 3.14. The zero-order valence-electron chi connectivity index (χ0n) is 14.2. The lowest BCUT2D eigenvalue weighted by Gasteiger charge is -2.28. The summed E-state index contributed by atoms with van der Waals surface area (Å²) in [6.45, 7) is 4.01. The Labute approximate surface area is 138 Å².